The highest BCUT2D eigenvalue weighted by molar-refractivity contribution is 6.01. The second-order valence-electron chi connectivity index (χ2n) is 5.16. The highest BCUT2D eigenvalue weighted by Gasteiger charge is 2.14. The predicted octanol–water partition coefficient (Wildman–Crippen LogP) is 1.03. The van der Waals surface area contributed by atoms with Crippen LogP contribution in [0.5, 0.6) is 0 Å². The average molecular weight is 337 g/mol. The maximum Gasteiger partial charge on any atom is 0.297 e. The van der Waals surface area contributed by atoms with Gasteiger partial charge in [-0.3, -0.25) is 14.2 Å². The van der Waals surface area contributed by atoms with Gasteiger partial charge in [0.2, 0.25) is 11.5 Å². The summed E-state index contributed by atoms with van der Waals surface area (Å²) >= 11 is 0. The van der Waals surface area contributed by atoms with E-state index in [1.165, 1.54) is 10.9 Å². The summed E-state index contributed by atoms with van der Waals surface area (Å²) in [7, 11) is 0. The Labute approximate surface area is 137 Å². The number of nitrogens with one attached hydrogen (secondary N) is 1. The molecule has 2 heterocycles. The van der Waals surface area contributed by atoms with Gasteiger partial charge in [0.1, 0.15) is 17.6 Å². The summed E-state index contributed by atoms with van der Waals surface area (Å²) in [5.41, 5.74) is 6.33. The van der Waals surface area contributed by atoms with Gasteiger partial charge >= 0.3 is 0 Å². The van der Waals surface area contributed by atoms with Gasteiger partial charge in [-0.15, -0.1) is 12.4 Å². The summed E-state index contributed by atoms with van der Waals surface area (Å²) in [4.78, 5) is 28.5. The van der Waals surface area contributed by atoms with Crippen molar-refractivity contribution in [3.05, 3.63) is 40.9 Å². The molecule has 3 N–H and O–H groups in total. The van der Waals surface area contributed by atoms with Crippen molar-refractivity contribution >= 4 is 40.4 Å². The number of hydrogen-bond acceptors (Lipinski definition) is 5. The van der Waals surface area contributed by atoms with Gasteiger partial charge in [0, 0.05) is 18.0 Å². The third-order valence-corrected chi connectivity index (χ3v) is 3.43. The molecule has 0 unspecified atom stereocenters. The Bertz CT molecular complexity index is 903. The van der Waals surface area contributed by atoms with Crippen LogP contribution in [-0.2, 0) is 11.3 Å². The number of amides is 1. The normalized spacial score (nSPS) is 12.1. The number of nitrogens with zero attached hydrogens (tertiary/aromatic N) is 2. The molecule has 1 aromatic carbocycles. The summed E-state index contributed by atoms with van der Waals surface area (Å²) < 4.78 is 6.79. The Morgan fingerprint density at radius 2 is 2.17 bits per heavy atom. The van der Waals surface area contributed by atoms with Gasteiger partial charge in [-0.25, -0.2) is 4.98 Å². The molecule has 0 radical (unpaired) electrons. The minimum absolute atomic E-state index is 0. The van der Waals surface area contributed by atoms with Gasteiger partial charge in [0.15, 0.2) is 0 Å². The first-order valence-corrected chi connectivity index (χ1v) is 6.96. The highest BCUT2D eigenvalue weighted by atomic mass is 35.5. The van der Waals surface area contributed by atoms with Gasteiger partial charge in [0.05, 0.1) is 6.33 Å². The standard InChI is InChI=1S/C15H16N4O3.ClH/c1-9(6-16)18-12(20)7-19-8-17-13-10-4-2-3-5-11(10)22-14(13)15(19)21;/h2-5,8-9H,6-7,16H2,1H3,(H,18,20);1H/t9-;/m0./s1. The number of benzene rings is 1. The number of carbonyl (C=O) groups is 1. The smallest absolute Gasteiger partial charge is 0.297 e. The maximum atomic E-state index is 12.4. The quantitative estimate of drug-likeness (QED) is 0.740. The molecule has 23 heavy (non-hydrogen) atoms. The molecule has 0 aliphatic carbocycles. The van der Waals surface area contributed by atoms with Crippen molar-refractivity contribution in [2.45, 2.75) is 19.5 Å². The molecule has 1 atom stereocenters. The van der Waals surface area contributed by atoms with Crippen molar-refractivity contribution in [1.82, 2.24) is 14.9 Å². The fraction of sp³-hybridized carbons (Fsp3) is 0.267. The van der Waals surface area contributed by atoms with Crippen LogP contribution < -0.4 is 16.6 Å². The topological polar surface area (TPSA) is 103 Å². The van der Waals surface area contributed by atoms with E-state index in [0.717, 1.165) is 5.39 Å². The number of para-hydroxylation sites is 1. The lowest BCUT2D eigenvalue weighted by Gasteiger charge is -2.11. The Morgan fingerprint density at radius 1 is 1.43 bits per heavy atom. The zero-order valence-corrected chi connectivity index (χ0v) is 13.3. The number of rotatable bonds is 4. The SMILES string of the molecule is C[C@@H](CN)NC(=O)Cn1cnc2c(oc3ccccc32)c1=O.Cl. The van der Waals surface area contributed by atoms with Gasteiger partial charge in [-0.2, -0.15) is 0 Å². The Kier molecular flexibility index (Phi) is 5.02. The number of nitrogens with two attached hydrogens (primary N) is 1. The first-order valence-electron chi connectivity index (χ1n) is 6.96. The maximum absolute atomic E-state index is 12.4. The molecule has 2 aromatic heterocycles. The largest absolute Gasteiger partial charge is 0.448 e. The molecule has 3 rings (SSSR count). The Hall–Kier alpha value is -2.38. The van der Waals surface area contributed by atoms with E-state index in [4.69, 9.17) is 10.2 Å². The molecule has 122 valence electrons. The lowest BCUT2D eigenvalue weighted by atomic mass is 10.2. The summed E-state index contributed by atoms with van der Waals surface area (Å²) in [5, 5.41) is 3.48. The third-order valence-electron chi connectivity index (χ3n) is 3.43. The molecule has 0 bridgehead atoms. The monoisotopic (exact) mass is 336 g/mol. The van der Waals surface area contributed by atoms with Crippen molar-refractivity contribution in [2.75, 3.05) is 6.54 Å². The Morgan fingerprint density at radius 3 is 2.91 bits per heavy atom. The number of hydrogen-bond donors (Lipinski definition) is 2. The first kappa shape index (κ1) is 17.0. The van der Waals surface area contributed by atoms with Crippen LogP contribution in [0.25, 0.3) is 22.1 Å². The molecule has 1 amide bonds. The number of halogens is 1. The van der Waals surface area contributed by atoms with Crippen LogP contribution in [0.3, 0.4) is 0 Å². The van der Waals surface area contributed by atoms with Crippen LogP contribution in [0.1, 0.15) is 6.92 Å². The van der Waals surface area contributed by atoms with E-state index in [2.05, 4.69) is 10.3 Å². The molecular weight excluding hydrogens is 320 g/mol. The van der Waals surface area contributed by atoms with E-state index >= 15 is 0 Å². The molecule has 0 saturated heterocycles. The molecule has 3 aromatic rings. The minimum atomic E-state index is -0.378. The zero-order valence-electron chi connectivity index (χ0n) is 12.5. The molecule has 0 aliphatic heterocycles. The van der Waals surface area contributed by atoms with E-state index in [1.54, 1.807) is 13.0 Å². The summed E-state index contributed by atoms with van der Waals surface area (Å²) in [6, 6.07) is 7.15. The molecule has 8 heteroatoms. The summed E-state index contributed by atoms with van der Waals surface area (Å²) in [5.74, 6) is -0.294. The number of carbonyl (C=O) groups excluding carboxylic acids is 1. The van der Waals surface area contributed by atoms with E-state index in [-0.39, 0.29) is 42.0 Å². The number of aromatic nitrogens is 2. The third kappa shape index (κ3) is 3.20. The van der Waals surface area contributed by atoms with Gasteiger partial charge < -0.3 is 15.5 Å². The van der Waals surface area contributed by atoms with Crippen molar-refractivity contribution in [2.24, 2.45) is 5.73 Å². The van der Waals surface area contributed by atoms with Crippen LogP contribution in [0.15, 0.2) is 39.8 Å². The molecule has 0 spiro atoms. The predicted molar refractivity (Wildman–Crippen MR) is 89.7 cm³/mol. The van der Waals surface area contributed by atoms with E-state index < -0.39 is 0 Å². The molecular formula is C15H17ClN4O3. The molecule has 0 aliphatic rings. The fourth-order valence-corrected chi connectivity index (χ4v) is 2.26. The van der Waals surface area contributed by atoms with Gasteiger partial charge in [0.25, 0.3) is 5.56 Å². The minimum Gasteiger partial charge on any atom is -0.448 e. The lowest BCUT2D eigenvalue weighted by Crippen LogP contribution is -2.41. The van der Waals surface area contributed by atoms with Crippen molar-refractivity contribution in [3.63, 3.8) is 0 Å². The van der Waals surface area contributed by atoms with Crippen LogP contribution in [0.4, 0.5) is 0 Å². The van der Waals surface area contributed by atoms with Crippen molar-refractivity contribution in [3.8, 4) is 0 Å². The molecule has 7 nitrogen and oxygen atoms in total. The molecule has 0 fully saturated rings. The van der Waals surface area contributed by atoms with Crippen LogP contribution in [0, 0.1) is 0 Å². The Balaban J connectivity index is 0.00000192. The highest BCUT2D eigenvalue weighted by Crippen LogP contribution is 2.23. The van der Waals surface area contributed by atoms with Crippen molar-refractivity contribution < 1.29 is 9.21 Å². The summed E-state index contributed by atoms with van der Waals surface area (Å²) in [6.45, 7) is 2.01. The lowest BCUT2D eigenvalue weighted by molar-refractivity contribution is -0.122. The van der Waals surface area contributed by atoms with Gasteiger partial charge in [-0.05, 0) is 19.1 Å². The van der Waals surface area contributed by atoms with Crippen LogP contribution in [0.2, 0.25) is 0 Å². The number of furan rings is 1. The van der Waals surface area contributed by atoms with E-state index in [9.17, 15) is 9.59 Å². The van der Waals surface area contributed by atoms with Crippen molar-refractivity contribution in [1.29, 1.82) is 0 Å². The second kappa shape index (κ2) is 6.80. The van der Waals surface area contributed by atoms with Crippen LogP contribution >= 0.6 is 12.4 Å². The molecule has 0 saturated carbocycles. The van der Waals surface area contributed by atoms with Crippen LogP contribution in [-0.4, -0.2) is 28.0 Å². The number of fused-ring (bicyclic) bond motifs is 3. The van der Waals surface area contributed by atoms with E-state index in [0.29, 0.717) is 17.6 Å². The fourth-order valence-electron chi connectivity index (χ4n) is 2.26. The second-order valence-corrected chi connectivity index (χ2v) is 5.16. The summed E-state index contributed by atoms with van der Waals surface area (Å²) in [6.07, 6.45) is 1.36. The van der Waals surface area contributed by atoms with E-state index in [1.807, 2.05) is 18.2 Å². The average Bonchev–Trinajstić information content (AvgIpc) is 2.89. The zero-order chi connectivity index (χ0) is 15.7. The first-order chi connectivity index (χ1) is 10.6. The van der Waals surface area contributed by atoms with Gasteiger partial charge in [-0.1, -0.05) is 12.1 Å².